The van der Waals surface area contributed by atoms with E-state index in [0.717, 1.165) is 49.8 Å². The topological polar surface area (TPSA) is 77.3 Å². The molecule has 1 aliphatic carbocycles. The molecular formula is C59H95ClN4O2. The van der Waals surface area contributed by atoms with E-state index in [2.05, 4.69) is 11.1 Å². The number of nitrogens with zero attached hydrogens (tertiary/aromatic N) is 4. The van der Waals surface area contributed by atoms with E-state index >= 15 is 4.79 Å². The number of benzene rings is 1. The monoisotopic (exact) mass is 927 g/mol. The normalized spacial score (nSPS) is 21.4. The Balaban J connectivity index is 1.33. The van der Waals surface area contributed by atoms with Crippen molar-refractivity contribution in [3.63, 3.8) is 0 Å². The van der Waals surface area contributed by atoms with Crippen molar-refractivity contribution in [3.05, 3.63) is 57.9 Å². The minimum absolute atomic E-state index is 0.145. The fourth-order valence-electron chi connectivity index (χ4n) is 10.9. The van der Waals surface area contributed by atoms with Crippen molar-refractivity contribution in [1.82, 2.24) is 9.88 Å². The van der Waals surface area contributed by atoms with E-state index < -0.39 is 5.54 Å². The van der Waals surface area contributed by atoms with E-state index in [1.54, 1.807) is 12.1 Å². The highest BCUT2D eigenvalue weighted by molar-refractivity contribution is 6.33. The fraction of sp³-hybridized carbons (Fsp3) is 0.763. The second-order valence-corrected chi connectivity index (χ2v) is 21.2. The first kappa shape index (κ1) is 55.7. The number of pyridine rings is 1. The number of hydrogen-bond acceptors (Lipinski definition) is 4. The summed E-state index contributed by atoms with van der Waals surface area (Å²) in [5.41, 5.74) is 2.32. The van der Waals surface area contributed by atoms with Gasteiger partial charge in [-0.25, -0.2) is 9.69 Å². The SMILES string of the molecule is Cc1ccc(CN2C(=O)N(c3ccc(C#N)c(Cl)c3C)C(=O)C23CCCCCCCCCCCCCCCCCCCCCCCCCCCCCCCCCCCCCCCCC3)cn1. The Morgan fingerprint density at radius 2 is 0.848 bits per heavy atom. The first-order valence-corrected chi connectivity index (χ1v) is 28.5. The molecule has 2 heterocycles. The van der Waals surface area contributed by atoms with Crippen molar-refractivity contribution in [2.45, 2.75) is 289 Å². The number of carbonyl (C=O) groups excluding carboxylic acids is 2. The molecule has 1 aromatic carbocycles. The van der Waals surface area contributed by atoms with Crippen molar-refractivity contribution in [2.75, 3.05) is 4.90 Å². The Hall–Kier alpha value is -2.91. The van der Waals surface area contributed by atoms with E-state index in [0.29, 0.717) is 41.2 Å². The van der Waals surface area contributed by atoms with Crippen LogP contribution in [0.4, 0.5) is 10.5 Å². The number of aryl methyl sites for hydroxylation is 1. The van der Waals surface area contributed by atoms with Gasteiger partial charge in [0.1, 0.15) is 11.6 Å². The van der Waals surface area contributed by atoms with Crippen LogP contribution in [0.2, 0.25) is 5.02 Å². The van der Waals surface area contributed by atoms with Gasteiger partial charge in [-0.2, -0.15) is 5.26 Å². The minimum Gasteiger partial charge on any atom is -0.305 e. The maximum atomic E-state index is 15.1. The highest BCUT2D eigenvalue weighted by Crippen LogP contribution is 2.43. The molecular weight excluding hydrogens is 832 g/mol. The molecule has 2 aromatic rings. The molecule has 1 aliphatic heterocycles. The van der Waals surface area contributed by atoms with Gasteiger partial charge in [0.05, 0.1) is 22.8 Å². The van der Waals surface area contributed by atoms with Gasteiger partial charge in [0.15, 0.2) is 0 Å². The van der Waals surface area contributed by atoms with Crippen LogP contribution in [0.15, 0.2) is 30.5 Å². The molecule has 370 valence electrons. The number of nitriles is 1. The van der Waals surface area contributed by atoms with Gasteiger partial charge in [-0.3, -0.25) is 9.78 Å². The molecule has 1 saturated carbocycles. The lowest BCUT2D eigenvalue weighted by Crippen LogP contribution is -2.49. The molecule has 2 fully saturated rings. The lowest BCUT2D eigenvalue weighted by molar-refractivity contribution is -0.126. The van der Waals surface area contributed by atoms with Gasteiger partial charge in [0.25, 0.3) is 5.91 Å². The van der Waals surface area contributed by atoms with Gasteiger partial charge in [-0.05, 0) is 56.0 Å². The molecule has 3 amide bonds. The number of imide groups is 1. The molecule has 1 saturated heterocycles. The smallest absolute Gasteiger partial charge is 0.305 e. The van der Waals surface area contributed by atoms with Crippen LogP contribution in [0, 0.1) is 25.2 Å². The maximum absolute atomic E-state index is 15.1. The van der Waals surface area contributed by atoms with Crippen LogP contribution in [0.25, 0.3) is 0 Å². The van der Waals surface area contributed by atoms with Gasteiger partial charge in [0, 0.05) is 11.9 Å². The number of aromatic nitrogens is 1. The van der Waals surface area contributed by atoms with Crippen LogP contribution in [-0.4, -0.2) is 27.4 Å². The van der Waals surface area contributed by atoms with Gasteiger partial charge in [0.2, 0.25) is 0 Å². The average molecular weight is 928 g/mol. The average Bonchev–Trinajstić information content (AvgIpc) is 3.51. The van der Waals surface area contributed by atoms with E-state index in [9.17, 15) is 10.1 Å². The summed E-state index contributed by atoms with van der Waals surface area (Å²) in [7, 11) is 0. The van der Waals surface area contributed by atoms with E-state index in [-0.39, 0.29) is 11.9 Å². The third kappa shape index (κ3) is 20.4. The van der Waals surface area contributed by atoms with Crippen LogP contribution < -0.4 is 4.90 Å². The highest BCUT2D eigenvalue weighted by atomic mass is 35.5. The summed E-state index contributed by atoms with van der Waals surface area (Å²) in [6.45, 7) is 4.11. The van der Waals surface area contributed by atoms with Gasteiger partial charge in [-0.15, -0.1) is 0 Å². The number of rotatable bonds is 3. The van der Waals surface area contributed by atoms with Crippen LogP contribution in [0.5, 0.6) is 0 Å². The first-order valence-electron chi connectivity index (χ1n) is 28.2. The fourth-order valence-corrected chi connectivity index (χ4v) is 11.1. The molecule has 0 atom stereocenters. The van der Waals surface area contributed by atoms with Crippen molar-refractivity contribution >= 4 is 29.2 Å². The van der Waals surface area contributed by atoms with Crippen molar-refractivity contribution in [2.24, 2.45) is 0 Å². The Labute approximate surface area is 410 Å². The maximum Gasteiger partial charge on any atom is 0.332 e. The second kappa shape index (κ2) is 34.4. The molecule has 66 heavy (non-hydrogen) atoms. The van der Waals surface area contributed by atoms with Gasteiger partial charge >= 0.3 is 6.03 Å². The van der Waals surface area contributed by atoms with Crippen LogP contribution in [0.1, 0.15) is 286 Å². The molecule has 0 unspecified atom stereocenters. The number of urea groups is 1. The zero-order valence-corrected chi connectivity index (χ0v) is 43.3. The summed E-state index contributed by atoms with van der Waals surface area (Å²) in [6, 6.07) is 9.24. The summed E-state index contributed by atoms with van der Waals surface area (Å²) in [6.07, 6.45) is 55.4. The van der Waals surface area contributed by atoms with E-state index in [1.807, 2.05) is 37.1 Å². The predicted molar refractivity (Wildman–Crippen MR) is 280 cm³/mol. The molecule has 0 N–H and O–H groups in total. The lowest BCUT2D eigenvalue weighted by atomic mass is 9.84. The first-order chi connectivity index (χ1) is 32.4. The molecule has 6 nitrogen and oxygen atoms in total. The summed E-state index contributed by atoms with van der Waals surface area (Å²) in [5, 5.41) is 9.98. The summed E-state index contributed by atoms with van der Waals surface area (Å²) >= 11 is 6.67. The molecule has 0 bridgehead atoms. The molecule has 0 radical (unpaired) electrons. The summed E-state index contributed by atoms with van der Waals surface area (Å²) < 4.78 is 0. The quantitative estimate of drug-likeness (QED) is 0.287. The van der Waals surface area contributed by atoms with Crippen LogP contribution >= 0.6 is 11.6 Å². The second-order valence-electron chi connectivity index (χ2n) is 20.8. The zero-order chi connectivity index (χ0) is 46.9. The van der Waals surface area contributed by atoms with Crippen molar-refractivity contribution < 1.29 is 9.59 Å². The van der Waals surface area contributed by atoms with Crippen LogP contribution in [0.3, 0.4) is 0 Å². The standard InChI is InChI=1S/C59H95ClN4O2/c1-51-42-43-53(49-62-51)50-63-58(66)64(55-45-44-54(48-61)56(60)52(55)2)57(65)59(63)46-40-38-36-34-32-30-28-26-24-22-20-18-16-14-12-10-8-6-4-3-5-7-9-11-13-15-17-19-21-23-25-27-29-31-33-35-37-39-41-47-59/h42-45,49H,3-41,46-47,50H2,1-2H3. The summed E-state index contributed by atoms with van der Waals surface area (Å²) in [4.78, 5) is 37.6. The Morgan fingerprint density at radius 3 is 1.15 bits per heavy atom. The van der Waals surface area contributed by atoms with Crippen molar-refractivity contribution in [3.8, 4) is 6.07 Å². The predicted octanol–water partition coefficient (Wildman–Crippen LogP) is 18.9. The molecule has 1 spiro atoms. The number of carbonyl (C=O) groups is 2. The van der Waals surface area contributed by atoms with Gasteiger partial charge < -0.3 is 4.90 Å². The van der Waals surface area contributed by atoms with Gasteiger partial charge in [-0.1, -0.05) is 268 Å². The Bertz CT molecular complexity index is 1610. The molecule has 4 rings (SSSR count). The molecule has 7 heteroatoms. The summed E-state index contributed by atoms with van der Waals surface area (Å²) in [5.74, 6) is -0.145. The lowest BCUT2D eigenvalue weighted by Gasteiger charge is -2.36. The minimum atomic E-state index is -0.944. The molecule has 2 aliphatic rings. The number of hydrogen-bond donors (Lipinski definition) is 0. The zero-order valence-electron chi connectivity index (χ0n) is 42.6. The van der Waals surface area contributed by atoms with Crippen LogP contribution in [-0.2, 0) is 11.3 Å². The number of anilines is 1. The number of halogens is 1. The molecule has 1 aromatic heterocycles. The third-order valence-corrected chi connectivity index (χ3v) is 15.7. The van der Waals surface area contributed by atoms with Crippen molar-refractivity contribution in [1.29, 1.82) is 5.26 Å². The Kier molecular flexibility index (Phi) is 29.0. The third-order valence-electron chi connectivity index (χ3n) is 15.3. The Morgan fingerprint density at radius 1 is 0.515 bits per heavy atom. The largest absolute Gasteiger partial charge is 0.332 e. The highest BCUT2D eigenvalue weighted by Gasteiger charge is 2.57. The van der Waals surface area contributed by atoms with E-state index in [1.165, 1.54) is 217 Å². The number of amides is 3. The van der Waals surface area contributed by atoms with E-state index in [4.69, 9.17) is 11.6 Å².